The van der Waals surface area contributed by atoms with Crippen LogP contribution in [-0.4, -0.2) is 34.6 Å². The van der Waals surface area contributed by atoms with E-state index in [4.69, 9.17) is 16.3 Å². The Balaban J connectivity index is 1.60. The molecule has 2 unspecified atom stereocenters. The molecule has 1 fully saturated rings. The van der Waals surface area contributed by atoms with Crippen molar-refractivity contribution in [2.75, 3.05) is 11.9 Å². The summed E-state index contributed by atoms with van der Waals surface area (Å²) in [4.78, 5) is 35.9. The predicted molar refractivity (Wildman–Crippen MR) is 112 cm³/mol. The van der Waals surface area contributed by atoms with Gasteiger partial charge in [-0.3, -0.25) is 19.8 Å². The van der Waals surface area contributed by atoms with Crippen LogP contribution in [0.4, 0.5) is 5.69 Å². The highest BCUT2D eigenvalue weighted by Gasteiger charge is 2.39. The van der Waals surface area contributed by atoms with Crippen molar-refractivity contribution < 1.29 is 19.1 Å². The second-order valence-corrected chi connectivity index (χ2v) is 8.28. The van der Waals surface area contributed by atoms with E-state index in [9.17, 15) is 14.4 Å². The van der Waals surface area contributed by atoms with Crippen LogP contribution in [0.3, 0.4) is 0 Å². The molecule has 1 aliphatic rings. The van der Waals surface area contributed by atoms with E-state index in [0.717, 1.165) is 5.56 Å². The Labute approximate surface area is 177 Å². The summed E-state index contributed by atoms with van der Waals surface area (Å²) < 4.78 is 5.47. The first-order valence-corrected chi connectivity index (χ1v) is 10.2. The second-order valence-electron chi connectivity index (χ2n) is 6.42. The van der Waals surface area contributed by atoms with E-state index in [2.05, 4.69) is 10.7 Å². The lowest BCUT2D eigenvalue weighted by Crippen LogP contribution is -2.47. The lowest BCUT2D eigenvalue weighted by atomic mass is 10.2. The number of hydrogen-bond donors (Lipinski definition) is 2. The van der Waals surface area contributed by atoms with Crippen LogP contribution in [0.25, 0.3) is 0 Å². The van der Waals surface area contributed by atoms with Crippen LogP contribution in [0.15, 0.2) is 48.5 Å². The van der Waals surface area contributed by atoms with Gasteiger partial charge in [0.15, 0.2) is 6.61 Å². The van der Waals surface area contributed by atoms with Gasteiger partial charge in [0.25, 0.3) is 11.8 Å². The summed E-state index contributed by atoms with van der Waals surface area (Å²) in [6.07, 6.45) is 0. The summed E-state index contributed by atoms with van der Waals surface area (Å²) in [5, 5.41) is 3.97. The second kappa shape index (κ2) is 9.19. The van der Waals surface area contributed by atoms with Crippen molar-refractivity contribution in [3.63, 3.8) is 0 Å². The summed E-state index contributed by atoms with van der Waals surface area (Å²) in [6.45, 7) is 2.97. The Bertz CT molecular complexity index is 905. The third kappa shape index (κ3) is 5.42. The molecule has 3 rings (SSSR count). The Morgan fingerprint density at radius 1 is 1.14 bits per heavy atom. The van der Waals surface area contributed by atoms with Gasteiger partial charge in [-0.25, -0.2) is 5.01 Å². The number of amides is 3. The molecule has 0 bridgehead atoms. The first-order valence-electron chi connectivity index (χ1n) is 8.87. The zero-order chi connectivity index (χ0) is 21.0. The van der Waals surface area contributed by atoms with Gasteiger partial charge in [0.2, 0.25) is 5.91 Å². The highest BCUT2D eigenvalue weighted by atomic mass is 35.5. The minimum Gasteiger partial charge on any atom is -0.484 e. The first-order chi connectivity index (χ1) is 13.8. The van der Waals surface area contributed by atoms with Gasteiger partial charge >= 0.3 is 0 Å². The number of nitrogens with one attached hydrogen (secondary N) is 2. The molecule has 1 heterocycles. The van der Waals surface area contributed by atoms with Gasteiger partial charge in [-0.15, -0.1) is 11.8 Å². The van der Waals surface area contributed by atoms with Gasteiger partial charge in [0, 0.05) is 17.6 Å². The number of halogens is 1. The summed E-state index contributed by atoms with van der Waals surface area (Å²) in [5.41, 5.74) is 4.14. The average molecular weight is 434 g/mol. The molecule has 29 heavy (non-hydrogen) atoms. The zero-order valence-electron chi connectivity index (χ0n) is 15.8. The van der Waals surface area contributed by atoms with Gasteiger partial charge in [-0.05, 0) is 48.9 Å². The number of thioether (sulfide) groups is 1. The van der Waals surface area contributed by atoms with Gasteiger partial charge in [0.1, 0.15) is 11.1 Å². The number of carbonyl (C=O) groups is 3. The molecule has 0 saturated carbocycles. The molecule has 0 aliphatic carbocycles. The fourth-order valence-corrected chi connectivity index (χ4v) is 4.08. The highest BCUT2D eigenvalue weighted by molar-refractivity contribution is 8.01. The van der Waals surface area contributed by atoms with E-state index in [1.807, 2.05) is 12.1 Å². The maximum absolute atomic E-state index is 12.5. The molecule has 9 heteroatoms. The quantitative estimate of drug-likeness (QED) is 0.729. The number of nitrogens with zero attached hydrogens (tertiary/aromatic N) is 1. The molecule has 1 saturated heterocycles. The topological polar surface area (TPSA) is 87.7 Å². The van der Waals surface area contributed by atoms with Crippen LogP contribution in [0, 0.1) is 0 Å². The number of hydrazine groups is 1. The minimum absolute atomic E-state index is 0.171. The third-order valence-corrected chi connectivity index (χ3v) is 5.70. The molecule has 7 nitrogen and oxygen atoms in total. The van der Waals surface area contributed by atoms with Crippen molar-refractivity contribution in [2.24, 2.45) is 0 Å². The van der Waals surface area contributed by atoms with E-state index in [-0.39, 0.29) is 29.0 Å². The third-order valence-electron chi connectivity index (χ3n) is 4.10. The minimum atomic E-state index is -0.446. The maximum atomic E-state index is 12.5. The summed E-state index contributed by atoms with van der Waals surface area (Å²) in [6, 6.07) is 13.8. The van der Waals surface area contributed by atoms with Crippen LogP contribution in [0.5, 0.6) is 5.75 Å². The van der Waals surface area contributed by atoms with Crippen LogP contribution >= 0.6 is 23.4 Å². The van der Waals surface area contributed by atoms with E-state index < -0.39 is 5.91 Å². The Hall–Kier alpha value is -2.71. The van der Waals surface area contributed by atoms with E-state index in [1.165, 1.54) is 23.7 Å². The largest absolute Gasteiger partial charge is 0.484 e. The molecule has 2 aromatic carbocycles. The Morgan fingerprint density at radius 2 is 1.79 bits per heavy atom. The number of ether oxygens (including phenoxy) is 1. The van der Waals surface area contributed by atoms with Crippen LogP contribution in [-0.2, 0) is 14.4 Å². The van der Waals surface area contributed by atoms with Crippen molar-refractivity contribution in [1.82, 2.24) is 10.4 Å². The Morgan fingerprint density at radius 3 is 2.41 bits per heavy atom. The monoisotopic (exact) mass is 433 g/mol. The lowest BCUT2D eigenvalue weighted by Gasteiger charge is -2.24. The SMILES string of the molecule is CC(=O)Nc1ccc(OCC(=O)NN2C(=O)C(C)SC2c2ccc(Cl)cc2)cc1. The zero-order valence-corrected chi connectivity index (χ0v) is 17.4. The molecule has 3 amide bonds. The lowest BCUT2D eigenvalue weighted by molar-refractivity contribution is -0.141. The van der Waals surface area contributed by atoms with Gasteiger partial charge in [-0.2, -0.15) is 0 Å². The molecule has 0 radical (unpaired) electrons. The molecular formula is C20H20ClN3O4S. The van der Waals surface area contributed by atoms with Gasteiger partial charge < -0.3 is 10.1 Å². The summed E-state index contributed by atoms with van der Waals surface area (Å²) >= 11 is 7.38. The highest BCUT2D eigenvalue weighted by Crippen LogP contribution is 2.41. The van der Waals surface area contributed by atoms with Crippen molar-refractivity contribution in [3.8, 4) is 5.75 Å². The molecule has 1 aliphatic heterocycles. The Kier molecular flexibility index (Phi) is 6.66. The smallest absolute Gasteiger partial charge is 0.276 e. The molecule has 152 valence electrons. The van der Waals surface area contributed by atoms with Crippen molar-refractivity contribution >= 4 is 46.8 Å². The maximum Gasteiger partial charge on any atom is 0.276 e. The summed E-state index contributed by atoms with van der Waals surface area (Å²) in [7, 11) is 0. The molecule has 2 atom stereocenters. The van der Waals surface area contributed by atoms with E-state index >= 15 is 0 Å². The standard InChI is InChI=1S/C20H20ClN3O4S/c1-12-19(27)24(20(29-12)14-3-5-15(21)6-4-14)23-18(26)11-28-17-9-7-16(8-10-17)22-13(2)25/h3-10,12,20H,11H2,1-2H3,(H,22,25)(H,23,26). The van der Waals surface area contributed by atoms with E-state index in [0.29, 0.717) is 16.5 Å². The fourth-order valence-electron chi connectivity index (χ4n) is 2.75. The van der Waals surface area contributed by atoms with Crippen molar-refractivity contribution in [3.05, 3.63) is 59.1 Å². The number of benzene rings is 2. The summed E-state index contributed by atoms with van der Waals surface area (Å²) in [5.74, 6) is -0.324. The van der Waals surface area contributed by atoms with E-state index in [1.54, 1.807) is 43.3 Å². The fraction of sp³-hybridized carbons (Fsp3) is 0.250. The van der Waals surface area contributed by atoms with Gasteiger partial charge in [0.05, 0.1) is 5.25 Å². The van der Waals surface area contributed by atoms with Crippen LogP contribution in [0.1, 0.15) is 24.8 Å². The molecular weight excluding hydrogens is 414 g/mol. The van der Waals surface area contributed by atoms with Crippen molar-refractivity contribution in [2.45, 2.75) is 24.5 Å². The number of hydrogen-bond acceptors (Lipinski definition) is 5. The number of anilines is 1. The molecule has 0 aromatic heterocycles. The molecule has 0 spiro atoms. The first kappa shape index (κ1) is 21.0. The molecule has 2 aromatic rings. The van der Waals surface area contributed by atoms with Gasteiger partial charge in [-0.1, -0.05) is 23.7 Å². The van der Waals surface area contributed by atoms with Crippen molar-refractivity contribution in [1.29, 1.82) is 0 Å². The number of rotatable bonds is 6. The number of carbonyl (C=O) groups excluding carboxylic acids is 3. The van der Waals surface area contributed by atoms with Crippen LogP contribution in [0.2, 0.25) is 5.02 Å². The predicted octanol–water partition coefficient (Wildman–Crippen LogP) is 3.37. The molecule has 2 N–H and O–H groups in total. The normalized spacial score (nSPS) is 18.4. The average Bonchev–Trinajstić information content (AvgIpc) is 2.96. The van der Waals surface area contributed by atoms with Crippen LogP contribution < -0.4 is 15.5 Å².